The number of pyridine rings is 1. The standard InChI is InChI=1S/C12H14N2O4S/c1-2-3-11(12(15)16)14-19(17,18)9-6-10-4-7-13-8-5-10/h1,4-5,7-8,11,14H,3,6,9H2,(H,15,16). The van der Waals surface area contributed by atoms with E-state index in [0.29, 0.717) is 0 Å². The van der Waals surface area contributed by atoms with Crippen LogP contribution in [0.25, 0.3) is 0 Å². The van der Waals surface area contributed by atoms with Crippen molar-refractivity contribution in [3.63, 3.8) is 0 Å². The molecule has 0 radical (unpaired) electrons. The molecule has 0 spiro atoms. The number of hydrogen-bond donors (Lipinski definition) is 2. The van der Waals surface area contributed by atoms with Crippen molar-refractivity contribution in [2.45, 2.75) is 18.9 Å². The van der Waals surface area contributed by atoms with Gasteiger partial charge >= 0.3 is 5.97 Å². The van der Waals surface area contributed by atoms with Gasteiger partial charge in [0.2, 0.25) is 10.0 Å². The second-order valence-corrected chi connectivity index (χ2v) is 5.71. The van der Waals surface area contributed by atoms with Gasteiger partial charge in [-0.1, -0.05) is 0 Å². The monoisotopic (exact) mass is 282 g/mol. The predicted octanol–water partition coefficient (Wildman–Crippen LogP) is 0.0200. The number of carboxylic acid groups (broad SMARTS) is 1. The number of nitrogens with zero attached hydrogens (tertiary/aromatic N) is 1. The molecule has 0 aromatic carbocycles. The highest BCUT2D eigenvalue weighted by Crippen LogP contribution is 2.02. The Hall–Kier alpha value is -1.91. The van der Waals surface area contributed by atoms with E-state index in [0.717, 1.165) is 5.56 Å². The van der Waals surface area contributed by atoms with Crippen molar-refractivity contribution in [3.05, 3.63) is 30.1 Å². The number of hydrogen-bond acceptors (Lipinski definition) is 4. The van der Waals surface area contributed by atoms with Crippen LogP contribution in [0.4, 0.5) is 0 Å². The Morgan fingerprint density at radius 2 is 2.11 bits per heavy atom. The second kappa shape index (κ2) is 6.87. The van der Waals surface area contributed by atoms with Gasteiger partial charge in [0.1, 0.15) is 6.04 Å². The Kier molecular flexibility index (Phi) is 5.48. The number of aromatic nitrogens is 1. The maximum absolute atomic E-state index is 11.7. The molecule has 0 amide bonds. The molecular formula is C12H14N2O4S. The van der Waals surface area contributed by atoms with Crippen molar-refractivity contribution in [2.75, 3.05) is 5.75 Å². The molecule has 0 aliphatic heterocycles. The van der Waals surface area contributed by atoms with Crippen molar-refractivity contribution < 1.29 is 18.3 Å². The van der Waals surface area contributed by atoms with Gasteiger partial charge in [0.05, 0.1) is 5.75 Å². The van der Waals surface area contributed by atoms with Gasteiger partial charge in [0.15, 0.2) is 0 Å². The van der Waals surface area contributed by atoms with Crippen LogP contribution in [-0.2, 0) is 21.2 Å². The summed E-state index contributed by atoms with van der Waals surface area (Å²) >= 11 is 0. The second-order valence-electron chi connectivity index (χ2n) is 3.84. The number of aliphatic carboxylic acids is 1. The zero-order chi connectivity index (χ0) is 14.3. The van der Waals surface area contributed by atoms with Crippen LogP contribution in [0.1, 0.15) is 12.0 Å². The highest BCUT2D eigenvalue weighted by Gasteiger charge is 2.22. The van der Waals surface area contributed by atoms with E-state index in [2.05, 4.69) is 15.6 Å². The summed E-state index contributed by atoms with van der Waals surface area (Å²) < 4.78 is 25.5. The molecular weight excluding hydrogens is 268 g/mol. The first-order valence-electron chi connectivity index (χ1n) is 5.50. The molecule has 0 aliphatic carbocycles. The Bertz CT molecular complexity index is 563. The average Bonchev–Trinajstić information content (AvgIpc) is 2.37. The molecule has 1 rings (SSSR count). The third-order valence-corrected chi connectivity index (χ3v) is 3.74. The van der Waals surface area contributed by atoms with Crippen molar-refractivity contribution >= 4 is 16.0 Å². The van der Waals surface area contributed by atoms with Crippen LogP contribution in [0.15, 0.2) is 24.5 Å². The van der Waals surface area contributed by atoms with Crippen molar-refractivity contribution in [1.29, 1.82) is 0 Å². The molecule has 0 saturated heterocycles. The largest absolute Gasteiger partial charge is 0.480 e. The first-order valence-corrected chi connectivity index (χ1v) is 7.15. The molecule has 1 heterocycles. The lowest BCUT2D eigenvalue weighted by molar-refractivity contribution is -0.138. The molecule has 0 fully saturated rings. The summed E-state index contributed by atoms with van der Waals surface area (Å²) in [6.07, 6.45) is 8.21. The Morgan fingerprint density at radius 1 is 1.47 bits per heavy atom. The molecule has 1 aromatic heterocycles. The summed E-state index contributed by atoms with van der Waals surface area (Å²) in [4.78, 5) is 14.6. The van der Waals surface area contributed by atoms with Crippen molar-refractivity contribution in [1.82, 2.24) is 9.71 Å². The van der Waals surface area contributed by atoms with E-state index >= 15 is 0 Å². The van der Waals surface area contributed by atoms with Gasteiger partial charge in [0.25, 0.3) is 0 Å². The molecule has 1 aromatic rings. The van der Waals surface area contributed by atoms with Gasteiger partial charge in [-0.2, -0.15) is 4.72 Å². The van der Waals surface area contributed by atoms with E-state index in [9.17, 15) is 13.2 Å². The van der Waals surface area contributed by atoms with Crippen LogP contribution in [0.3, 0.4) is 0 Å². The quantitative estimate of drug-likeness (QED) is 0.687. The van der Waals surface area contributed by atoms with Crippen LogP contribution in [0.5, 0.6) is 0 Å². The highest BCUT2D eigenvalue weighted by atomic mass is 32.2. The molecule has 1 atom stereocenters. The Morgan fingerprint density at radius 3 is 2.63 bits per heavy atom. The first-order chi connectivity index (χ1) is 8.94. The number of aryl methyl sites for hydroxylation is 1. The van der Waals surface area contributed by atoms with Crippen LogP contribution in [-0.4, -0.2) is 36.3 Å². The molecule has 102 valence electrons. The zero-order valence-corrected chi connectivity index (χ0v) is 10.9. The van der Waals surface area contributed by atoms with E-state index in [1.165, 1.54) is 0 Å². The van der Waals surface area contributed by atoms with Crippen LogP contribution < -0.4 is 4.72 Å². The maximum atomic E-state index is 11.7. The van der Waals surface area contributed by atoms with Gasteiger partial charge in [-0.15, -0.1) is 12.3 Å². The minimum absolute atomic E-state index is 0.191. The fourth-order valence-electron chi connectivity index (χ4n) is 1.37. The SMILES string of the molecule is C#CCC(NS(=O)(=O)CCc1ccncc1)C(=O)O. The van der Waals surface area contributed by atoms with Crippen LogP contribution >= 0.6 is 0 Å². The Labute approximate surface area is 111 Å². The van der Waals surface area contributed by atoms with Gasteiger partial charge in [-0.3, -0.25) is 9.78 Å². The smallest absolute Gasteiger partial charge is 0.322 e. The molecule has 0 bridgehead atoms. The molecule has 2 N–H and O–H groups in total. The number of rotatable bonds is 7. The third kappa shape index (κ3) is 5.50. The lowest BCUT2D eigenvalue weighted by Gasteiger charge is -2.12. The van der Waals surface area contributed by atoms with Gasteiger partial charge in [-0.25, -0.2) is 8.42 Å². The minimum atomic E-state index is -3.69. The van der Waals surface area contributed by atoms with E-state index in [-0.39, 0.29) is 18.6 Å². The zero-order valence-electron chi connectivity index (χ0n) is 10.1. The topological polar surface area (TPSA) is 96.4 Å². The van der Waals surface area contributed by atoms with Gasteiger partial charge in [-0.05, 0) is 24.1 Å². The summed E-state index contributed by atoms with van der Waals surface area (Å²) in [7, 11) is -3.69. The van der Waals surface area contributed by atoms with E-state index in [1.54, 1.807) is 24.5 Å². The van der Waals surface area contributed by atoms with Crippen molar-refractivity contribution in [2.24, 2.45) is 0 Å². The molecule has 19 heavy (non-hydrogen) atoms. The normalized spacial score (nSPS) is 12.6. The summed E-state index contributed by atoms with van der Waals surface area (Å²) in [5.74, 6) is 0.640. The number of carboxylic acids is 1. The summed E-state index contributed by atoms with van der Waals surface area (Å²) in [5, 5.41) is 8.82. The van der Waals surface area contributed by atoms with E-state index in [1.807, 2.05) is 0 Å². The lowest BCUT2D eigenvalue weighted by atomic mass is 10.2. The van der Waals surface area contributed by atoms with Gasteiger partial charge in [0, 0.05) is 18.8 Å². The fourth-order valence-corrected chi connectivity index (χ4v) is 2.61. The maximum Gasteiger partial charge on any atom is 0.322 e. The number of nitrogens with one attached hydrogen (secondary N) is 1. The molecule has 1 unspecified atom stereocenters. The van der Waals surface area contributed by atoms with E-state index in [4.69, 9.17) is 11.5 Å². The summed E-state index contributed by atoms with van der Waals surface area (Å²) in [5.41, 5.74) is 0.809. The lowest BCUT2D eigenvalue weighted by Crippen LogP contribution is -2.41. The van der Waals surface area contributed by atoms with Crippen LogP contribution in [0.2, 0.25) is 0 Å². The minimum Gasteiger partial charge on any atom is -0.480 e. The summed E-state index contributed by atoms with van der Waals surface area (Å²) in [6.45, 7) is 0. The van der Waals surface area contributed by atoms with Gasteiger partial charge < -0.3 is 5.11 Å². The van der Waals surface area contributed by atoms with Crippen LogP contribution in [0, 0.1) is 12.3 Å². The molecule has 0 saturated carbocycles. The molecule has 0 aliphatic rings. The first kappa shape index (κ1) is 15.1. The molecule has 6 nitrogen and oxygen atoms in total. The predicted molar refractivity (Wildman–Crippen MR) is 69.7 cm³/mol. The average molecular weight is 282 g/mol. The molecule has 7 heteroatoms. The van der Waals surface area contributed by atoms with E-state index < -0.39 is 22.0 Å². The summed E-state index contributed by atoms with van der Waals surface area (Å²) in [6, 6.07) is 2.12. The number of terminal acetylenes is 1. The number of carbonyl (C=O) groups is 1. The number of sulfonamides is 1. The third-order valence-electron chi connectivity index (χ3n) is 2.35. The van der Waals surface area contributed by atoms with Crippen molar-refractivity contribution in [3.8, 4) is 12.3 Å². The fraction of sp³-hybridized carbons (Fsp3) is 0.333. The highest BCUT2D eigenvalue weighted by molar-refractivity contribution is 7.89. The Balaban J connectivity index is 2.61.